The zero-order chi connectivity index (χ0) is 19.8. The molecular formula is C22H21NO6. The van der Waals surface area contributed by atoms with Crippen molar-refractivity contribution >= 4 is 17.8 Å². The van der Waals surface area contributed by atoms with Gasteiger partial charge in [-0.05, 0) is 23.8 Å². The standard InChI is InChI=1S/C22H21NO6/c24-17-15-12-6-7-13(8-12)16(15)22(19-18(17)28-19)9-14(20(25)29-22)23-21(26)27-10-11-4-2-1-3-5-11/h1-7,12-16,18-19H,8-10H2,(H,23,26)/t12-,13+,14-,15-,16+,18-,19-,22+/m0/s1. The molecular weight excluding hydrogens is 374 g/mol. The Balaban J connectivity index is 1.18. The summed E-state index contributed by atoms with van der Waals surface area (Å²) in [7, 11) is 0. The summed E-state index contributed by atoms with van der Waals surface area (Å²) in [6.45, 7) is 0.126. The van der Waals surface area contributed by atoms with E-state index in [2.05, 4.69) is 17.5 Å². The van der Waals surface area contributed by atoms with Crippen LogP contribution in [0.1, 0.15) is 18.4 Å². The molecule has 150 valence electrons. The summed E-state index contributed by atoms with van der Waals surface area (Å²) >= 11 is 0. The van der Waals surface area contributed by atoms with E-state index >= 15 is 0 Å². The first-order chi connectivity index (χ1) is 14.1. The number of carbonyl (C=O) groups excluding carboxylic acids is 3. The highest BCUT2D eigenvalue weighted by Gasteiger charge is 2.76. The number of benzene rings is 1. The molecule has 2 heterocycles. The zero-order valence-electron chi connectivity index (χ0n) is 15.7. The lowest BCUT2D eigenvalue weighted by molar-refractivity contribution is -0.163. The average molecular weight is 395 g/mol. The molecule has 6 rings (SSSR count). The number of Topliss-reactive ketones (excluding diaryl/α,β-unsaturated/α-hetero) is 1. The minimum Gasteiger partial charge on any atom is -0.454 e. The van der Waals surface area contributed by atoms with Gasteiger partial charge >= 0.3 is 12.1 Å². The van der Waals surface area contributed by atoms with E-state index < -0.39 is 29.8 Å². The Morgan fingerprint density at radius 3 is 2.79 bits per heavy atom. The summed E-state index contributed by atoms with van der Waals surface area (Å²) in [4.78, 5) is 37.6. The lowest BCUT2D eigenvalue weighted by atomic mass is 9.63. The summed E-state index contributed by atoms with van der Waals surface area (Å²) in [5.74, 6) is -0.111. The van der Waals surface area contributed by atoms with Gasteiger partial charge in [-0.1, -0.05) is 42.5 Å². The molecule has 1 aromatic carbocycles. The van der Waals surface area contributed by atoms with Gasteiger partial charge in [-0.3, -0.25) is 4.79 Å². The number of esters is 1. The predicted octanol–water partition coefficient (Wildman–Crippen LogP) is 1.76. The Labute approximate surface area is 167 Å². The molecule has 29 heavy (non-hydrogen) atoms. The van der Waals surface area contributed by atoms with Crippen LogP contribution < -0.4 is 5.32 Å². The summed E-state index contributed by atoms with van der Waals surface area (Å²) in [6.07, 6.45) is 3.99. The van der Waals surface area contributed by atoms with Crippen LogP contribution in [-0.4, -0.2) is 41.7 Å². The lowest BCUT2D eigenvalue weighted by Crippen LogP contribution is -2.56. The smallest absolute Gasteiger partial charge is 0.408 e. The van der Waals surface area contributed by atoms with E-state index in [1.165, 1.54) is 0 Å². The number of ether oxygens (including phenoxy) is 3. The third-order valence-corrected chi connectivity index (χ3v) is 7.21. The third-order valence-electron chi connectivity index (χ3n) is 7.21. The molecule has 5 aliphatic rings. The largest absolute Gasteiger partial charge is 0.454 e. The molecule has 1 aromatic rings. The lowest BCUT2D eigenvalue weighted by Gasteiger charge is -2.42. The highest BCUT2D eigenvalue weighted by atomic mass is 16.6. The molecule has 2 aliphatic heterocycles. The van der Waals surface area contributed by atoms with Crippen molar-refractivity contribution in [1.29, 1.82) is 0 Å². The molecule has 0 unspecified atom stereocenters. The van der Waals surface area contributed by atoms with Crippen LogP contribution in [0.2, 0.25) is 0 Å². The molecule has 1 spiro atoms. The van der Waals surface area contributed by atoms with Gasteiger partial charge in [-0.2, -0.15) is 0 Å². The van der Waals surface area contributed by atoms with Crippen molar-refractivity contribution in [2.75, 3.05) is 0 Å². The van der Waals surface area contributed by atoms with Gasteiger partial charge < -0.3 is 19.5 Å². The van der Waals surface area contributed by atoms with Crippen LogP contribution in [0.5, 0.6) is 0 Å². The van der Waals surface area contributed by atoms with Crippen LogP contribution in [0.3, 0.4) is 0 Å². The van der Waals surface area contributed by atoms with E-state index in [-0.39, 0.29) is 42.2 Å². The number of epoxide rings is 1. The number of alkyl carbamates (subject to hydrolysis) is 1. The van der Waals surface area contributed by atoms with E-state index in [4.69, 9.17) is 14.2 Å². The number of nitrogens with one attached hydrogen (secondary N) is 1. The molecule has 4 fully saturated rings. The Bertz CT molecular complexity index is 928. The Morgan fingerprint density at radius 2 is 1.97 bits per heavy atom. The van der Waals surface area contributed by atoms with Crippen LogP contribution in [0.4, 0.5) is 4.79 Å². The molecule has 1 amide bonds. The van der Waals surface area contributed by atoms with Crippen molar-refractivity contribution in [2.24, 2.45) is 23.7 Å². The molecule has 0 aromatic heterocycles. The highest BCUT2D eigenvalue weighted by Crippen LogP contribution is 2.64. The van der Waals surface area contributed by atoms with Gasteiger partial charge in [-0.25, -0.2) is 9.59 Å². The summed E-state index contributed by atoms with van der Waals surface area (Å²) in [6, 6.07) is 8.55. The van der Waals surface area contributed by atoms with E-state index in [9.17, 15) is 14.4 Å². The second kappa shape index (κ2) is 5.92. The molecule has 8 atom stereocenters. The fourth-order valence-electron chi connectivity index (χ4n) is 6.05. The fourth-order valence-corrected chi connectivity index (χ4v) is 6.05. The topological polar surface area (TPSA) is 94.2 Å². The Kier molecular flexibility index (Phi) is 3.51. The van der Waals surface area contributed by atoms with Crippen molar-refractivity contribution in [1.82, 2.24) is 5.32 Å². The van der Waals surface area contributed by atoms with Gasteiger partial charge in [-0.15, -0.1) is 0 Å². The normalized spacial score (nSPS) is 43.1. The number of amides is 1. The Morgan fingerprint density at radius 1 is 1.17 bits per heavy atom. The average Bonchev–Trinajstić information content (AvgIpc) is 3.12. The number of hydrogen-bond acceptors (Lipinski definition) is 6. The second-order valence-electron chi connectivity index (χ2n) is 8.72. The minimum atomic E-state index is -0.831. The maximum atomic E-state index is 12.7. The molecule has 3 aliphatic carbocycles. The minimum absolute atomic E-state index is 0.0650. The summed E-state index contributed by atoms with van der Waals surface area (Å²) in [5, 5.41) is 2.65. The summed E-state index contributed by atoms with van der Waals surface area (Å²) in [5.41, 5.74) is 0.0340. The van der Waals surface area contributed by atoms with Gasteiger partial charge in [0.15, 0.2) is 5.78 Å². The van der Waals surface area contributed by atoms with E-state index in [1.807, 2.05) is 30.3 Å². The van der Waals surface area contributed by atoms with E-state index in [1.54, 1.807) is 0 Å². The van der Waals surface area contributed by atoms with E-state index in [0.29, 0.717) is 6.42 Å². The second-order valence-corrected chi connectivity index (χ2v) is 8.72. The van der Waals surface area contributed by atoms with Gasteiger partial charge in [0.1, 0.15) is 30.5 Å². The van der Waals surface area contributed by atoms with Crippen LogP contribution in [-0.2, 0) is 30.4 Å². The summed E-state index contributed by atoms with van der Waals surface area (Å²) < 4.78 is 16.9. The van der Waals surface area contributed by atoms with Crippen LogP contribution in [0, 0.1) is 23.7 Å². The van der Waals surface area contributed by atoms with Crippen molar-refractivity contribution in [3.63, 3.8) is 0 Å². The fraction of sp³-hybridized carbons (Fsp3) is 0.500. The molecule has 7 nitrogen and oxygen atoms in total. The van der Waals surface area contributed by atoms with Crippen LogP contribution >= 0.6 is 0 Å². The molecule has 1 N–H and O–H groups in total. The number of fused-ring (bicyclic) bond motifs is 8. The maximum absolute atomic E-state index is 12.7. The Hall–Kier alpha value is -2.67. The van der Waals surface area contributed by atoms with Gasteiger partial charge in [0, 0.05) is 18.3 Å². The number of allylic oxidation sites excluding steroid dienone is 2. The van der Waals surface area contributed by atoms with Crippen molar-refractivity contribution in [3.8, 4) is 0 Å². The van der Waals surface area contributed by atoms with Gasteiger partial charge in [0.05, 0.1) is 0 Å². The first-order valence-electron chi connectivity index (χ1n) is 10.1. The first-order valence-corrected chi connectivity index (χ1v) is 10.1. The first kappa shape index (κ1) is 17.2. The molecule has 2 saturated heterocycles. The monoisotopic (exact) mass is 395 g/mol. The molecule has 2 saturated carbocycles. The molecule has 0 radical (unpaired) electrons. The third kappa shape index (κ3) is 2.43. The maximum Gasteiger partial charge on any atom is 0.408 e. The molecule has 7 heteroatoms. The van der Waals surface area contributed by atoms with Crippen LogP contribution in [0.15, 0.2) is 42.5 Å². The van der Waals surface area contributed by atoms with Crippen molar-refractivity contribution < 1.29 is 28.6 Å². The van der Waals surface area contributed by atoms with Crippen molar-refractivity contribution in [3.05, 3.63) is 48.0 Å². The highest BCUT2D eigenvalue weighted by molar-refractivity contribution is 5.93. The number of carbonyl (C=O) groups is 3. The van der Waals surface area contributed by atoms with Crippen molar-refractivity contribution in [2.45, 2.75) is 43.3 Å². The predicted molar refractivity (Wildman–Crippen MR) is 98.4 cm³/mol. The van der Waals surface area contributed by atoms with E-state index in [0.717, 1.165) is 12.0 Å². The van der Waals surface area contributed by atoms with Crippen LogP contribution in [0.25, 0.3) is 0 Å². The number of ketones is 1. The number of rotatable bonds is 3. The van der Waals surface area contributed by atoms with Gasteiger partial charge in [0.25, 0.3) is 0 Å². The zero-order valence-corrected chi connectivity index (χ0v) is 15.7. The SMILES string of the molecule is O=C(N[C@H]1C[C@@]2(OC1=O)[C@H]1[C@@H](C(=O)[C@@H]3O[C@@H]32)[C@H]2C=C[C@@H]1C2)OCc1ccccc1. The number of hydrogen-bond donors (Lipinski definition) is 1. The molecule has 2 bridgehead atoms. The quantitative estimate of drug-likeness (QED) is 0.476. The van der Waals surface area contributed by atoms with Gasteiger partial charge in [0.2, 0.25) is 0 Å².